The molecule has 6 heteroatoms. The summed E-state index contributed by atoms with van der Waals surface area (Å²) in [5, 5.41) is 4.07. The van der Waals surface area contributed by atoms with Crippen molar-refractivity contribution in [2.75, 3.05) is 30.7 Å². The van der Waals surface area contributed by atoms with Crippen LogP contribution in [0, 0.1) is 0 Å². The fraction of sp³-hybridized carbons (Fsp3) is 0.429. The normalized spacial score (nSPS) is 14.9. The van der Waals surface area contributed by atoms with E-state index in [0.717, 1.165) is 47.0 Å². The van der Waals surface area contributed by atoms with Crippen molar-refractivity contribution in [3.63, 3.8) is 0 Å². The molecule has 0 unspecified atom stereocenters. The molecule has 0 atom stereocenters. The van der Waals surface area contributed by atoms with Crippen molar-refractivity contribution in [3.05, 3.63) is 18.2 Å². The lowest BCUT2D eigenvalue weighted by atomic mass is 10.3. The Kier molecular flexibility index (Phi) is 3.73. The Morgan fingerprint density at radius 2 is 2.20 bits per heavy atom. The number of nitrogen functional groups attached to an aromatic ring is 1. The number of hydrogen-bond donors (Lipinski definition) is 2. The van der Waals surface area contributed by atoms with E-state index in [1.807, 2.05) is 23.1 Å². The van der Waals surface area contributed by atoms with Gasteiger partial charge in [-0.25, -0.2) is 4.98 Å². The summed E-state index contributed by atoms with van der Waals surface area (Å²) in [6.07, 6.45) is 2.80. The number of nitrogens with zero attached hydrogens (tertiary/aromatic N) is 2. The van der Waals surface area contributed by atoms with Crippen LogP contribution in [0.3, 0.4) is 0 Å². The van der Waals surface area contributed by atoms with Crippen LogP contribution < -0.4 is 11.1 Å². The summed E-state index contributed by atoms with van der Waals surface area (Å²) < 4.78 is 1.07. The van der Waals surface area contributed by atoms with Crippen LogP contribution in [0.5, 0.6) is 0 Å². The molecule has 3 N–H and O–H groups in total. The smallest absolute Gasteiger partial charge is 0.224 e. The van der Waals surface area contributed by atoms with E-state index < -0.39 is 0 Å². The highest BCUT2D eigenvalue weighted by Gasteiger charge is 2.17. The molecule has 0 saturated carbocycles. The zero-order valence-corrected chi connectivity index (χ0v) is 12.1. The molecule has 1 aromatic heterocycles. The van der Waals surface area contributed by atoms with Gasteiger partial charge in [0.1, 0.15) is 0 Å². The van der Waals surface area contributed by atoms with E-state index in [4.69, 9.17) is 5.73 Å². The van der Waals surface area contributed by atoms with Crippen molar-refractivity contribution in [3.8, 4) is 0 Å². The molecule has 1 amide bonds. The highest BCUT2D eigenvalue weighted by molar-refractivity contribution is 7.22. The monoisotopic (exact) mass is 290 g/mol. The molecule has 0 spiro atoms. The molecule has 5 nitrogen and oxygen atoms in total. The second kappa shape index (κ2) is 5.66. The minimum Gasteiger partial charge on any atom is -0.399 e. The minimum absolute atomic E-state index is 0.236. The Bertz CT molecular complexity index is 619. The van der Waals surface area contributed by atoms with E-state index in [1.54, 1.807) is 11.3 Å². The quantitative estimate of drug-likeness (QED) is 0.848. The summed E-state index contributed by atoms with van der Waals surface area (Å²) in [6, 6.07) is 5.69. The first-order chi connectivity index (χ1) is 9.72. The lowest BCUT2D eigenvalue weighted by Gasteiger charge is -2.14. The van der Waals surface area contributed by atoms with Crippen LogP contribution >= 0.6 is 11.3 Å². The molecular weight excluding hydrogens is 272 g/mol. The largest absolute Gasteiger partial charge is 0.399 e. The highest BCUT2D eigenvalue weighted by atomic mass is 32.1. The standard InChI is InChI=1S/C14H18N4OS/c15-10-3-4-11-12(9-10)20-14(17-11)16-6-5-13(19)18-7-1-2-8-18/h3-4,9H,1-2,5-8,15H2,(H,16,17). The first-order valence-corrected chi connectivity index (χ1v) is 7.72. The van der Waals surface area contributed by atoms with Crippen LogP contribution in [-0.2, 0) is 4.79 Å². The number of likely N-dealkylation sites (tertiary alicyclic amines) is 1. The number of aromatic nitrogens is 1. The van der Waals surface area contributed by atoms with E-state index in [9.17, 15) is 4.79 Å². The Morgan fingerprint density at radius 1 is 1.40 bits per heavy atom. The van der Waals surface area contributed by atoms with Crippen LogP contribution in [0.2, 0.25) is 0 Å². The van der Waals surface area contributed by atoms with Gasteiger partial charge in [0.2, 0.25) is 5.91 Å². The SMILES string of the molecule is Nc1ccc2nc(NCCC(=O)N3CCCC3)sc2c1. The zero-order valence-electron chi connectivity index (χ0n) is 11.3. The van der Waals surface area contributed by atoms with Gasteiger partial charge in [0.25, 0.3) is 0 Å². The molecule has 0 bridgehead atoms. The number of nitrogens with one attached hydrogen (secondary N) is 1. The van der Waals surface area contributed by atoms with Gasteiger partial charge in [0.15, 0.2) is 5.13 Å². The summed E-state index contributed by atoms with van der Waals surface area (Å²) in [5.74, 6) is 0.236. The van der Waals surface area contributed by atoms with Gasteiger partial charge in [-0.05, 0) is 31.0 Å². The number of carbonyl (C=O) groups is 1. The van der Waals surface area contributed by atoms with Gasteiger partial charge in [-0.2, -0.15) is 0 Å². The number of carbonyl (C=O) groups excluding carboxylic acids is 1. The number of benzene rings is 1. The predicted octanol–water partition coefficient (Wildman–Crippen LogP) is 2.30. The summed E-state index contributed by atoms with van der Waals surface area (Å²) >= 11 is 1.57. The number of nitrogens with two attached hydrogens (primary N) is 1. The van der Waals surface area contributed by atoms with Crippen LogP contribution in [0.15, 0.2) is 18.2 Å². The fourth-order valence-electron chi connectivity index (χ4n) is 2.42. The van der Waals surface area contributed by atoms with Gasteiger partial charge < -0.3 is 16.0 Å². The second-order valence-electron chi connectivity index (χ2n) is 5.01. The van der Waals surface area contributed by atoms with E-state index >= 15 is 0 Å². The van der Waals surface area contributed by atoms with Gasteiger partial charge in [-0.3, -0.25) is 4.79 Å². The van der Waals surface area contributed by atoms with Crippen molar-refractivity contribution in [1.82, 2.24) is 9.88 Å². The molecule has 106 valence electrons. The Morgan fingerprint density at radius 3 is 3.00 bits per heavy atom. The number of anilines is 2. The molecule has 0 aliphatic carbocycles. The number of fused-ring (bicyclic) bond motifs is 1. The van der Waals surface area contributed by atoms with Crippen molar-refractivity contribution >= 4 is 38.3 Å². The molecule has 1 aliphatic rings. The van der Waals surface area contributed by atoms with E-state index in [2.05, 4.69) is 10.3 Å². The minimum atomic E-state index is 0.236. The van der Waals surface area contributed by atoms with Gasteiger partial charge in [-0.1, -0.05) is 11.3 Å². The van der Waals surface area contributed by atoms with Crippen LogP contribution in [0.25, 0.3) is 10.2 Å². The van der Waals surface area contributed by atoms with Gasteiger partial charge in [0, 0.05) is 31.7 Å². The second-order valence-corrected chi connectivity index (χ2v) is 6.04. The Labute approximate surface area is 121 Å². The van der Waals surface area contributed by atoms with E-state index in [-0.39, 0.29) is 5.91 Å². The maximum atomic E-state index is 11.9. The summed E-state index contributed by atoms with van der Waals surface area (Å²) in [7, 11) is 0. The maximum absolute atomic E-state index is 11.9. The molecule has 1 fully saturated rings. The molecule has 1 aliphatic heterocycles. The van der Waals surface area contributed by atoms with E-state index in [1.165, 1.54) is 0 Å². The molecule has 1 saturated heterocycles. The average Bonchev–Trinajstić information content (AvgIpc) is 3.06. The lowest BCUT2D eigenvalue weighted by Crippen LogP contribution is -2.29. The number of hydrogen-bond acceptors (Lipinski definition) is 5. The van der Waals surface area contributed by atoms with Gasteiger partial charge in [0.05, 0.1) is 10.2 Å². The van der Waals surface area contributed by atoms with Crippen molar-refractivity contribution in [1.29, 1.82) is 0 Å². The molecular formula is C14H18N4OS. The molecule has 2 heterocycles. The fourth-order valence-corrected chi connectivity index (χ4v) is 3.36. The Hall–Kier alpha value is -1.82. The summed E-state index contributed by atoms with van der Waals surface area (Å²) in [4.78, 5) is 18.3. The summed E-state index contributed by atoms with van der Waals surface area (Å²) in [6.45, 7) is 2.46. The van der Waals surface area contributed by atoms with Gasteiger partial charge in [-0.15, -0.1) is 0 Å². The van der Waals surface area contributed by atoms with Crippen LogP contribution in [0.4, 0.5) is 10.8 Å². The van der Waals surface area contributed by atoms with Crippen LogP contribution in [0.1, 0.15) is 19.3 Å². The van der Waals surface area contributed by atoms with Gasteiger partial charge >= 0.3 is 0 Å². The number of thiazole rings is 1. The third-order valence-corrected chi connectivity index (χ3v) is 4.46. The lowest BCUT2D eigenvalue weighted by molar-refractivity contribution is -0.129. The van der Waals surface area contributed by atoms with Crippen molar-refractivity contribution in [2.24, 2.45) is 0 Å². The molecule has 3 rings (SSSR count). The first kappa shape index (κ1) is 13.2. The topological polar surface area (TPSA) is 71.2 Å². The van der Waals surface area contributed by atoms with Crippen molar-refractivity contribution < 1.29 is 4.79 Å². The predicted molar refractivity (Wildman–Crippen MR) is 83.0 cm³/mol. The van der Waals surface area contributed by atoms with Crippen molar-refractivity contribution in [2.45, 2.75) is 19.3 Å². The molecule has 0 radical (unpaired) electrons. The third kappa shape index (κ3) is 2.85. The zero-order chi connectivity index (χ0) is 13.9. The summed E-state index contributed by atoms with van der Waals surface area (Å²) in [5.41, 5.74) is 7.44. The number of rotatable bonds is 4. The average molecular weight is 290 g/mol. The highest BCUT2D eigenvalue weighted by Crippen LogP contribution is 2.27. The molecule has 20 heavy (non-hydrogen) atoms. The van der Waals surface area contributed by atoms with E-state index in [0.29, 0.717) is 13.0 Å². The Balaban J connectivity index is 1.55. The third-order valence-electron chi connectivity index (χ3n) is 3.49. The maximum Gasteiger partial charge on any atom is 0.224 e. The van der Waals surface area contributed by atoms with Crippen LogP contribution in [-0.4, -0.2) is 35.4 Å². The first-order valence-electron chi connectivity index (χ1n) is 6.90. The molecule has 2 aromatic rings. The number of amides is 1. The molecule has 1 aromatic carbocycles.